The van der Waals surface area contributed by atoms with Gasteiger partial charge in [-0.1, -0.05) is 43.3 Å². The van der Waals surface area contributed by atoms with Crippen molar-refractivity contribution in [1.29, 1.82) is 0 Å². The van der Waals surface area contributed by atoms with Crippen LogP contribution < -0.4 is 5.32 Å². The van der Waals surface area contributed by atoms with E-state index in [9.17, 15) is 14.3 Å². The van der Waals surface area contributed by atoms with Gasteiger partial charge in [-0.2, -0.15) is 0 Å². The molecule has 2 N–H and O–H groups in total. The fourth-order valence-electron chi connectivity index (χ4n) is 2.78. The minimum absolute atomic E-state index is 0.350. The van der Waals surface area contributed by atoms with E-state index in [-0.39, 0.29) is 5.82 Å². The first-order valence-corrected chi connectivity index (χ1v) is 8.44. The molecule has 134 valence electrons. The van der Waals surface area contributed by atoms with Crippen LogP contribution in [0.25, 0.3) is 11.1 Å². The number of aliphatic hydroxyl groups excluding tert-OH is 1. The summed E-state index contributed by atoms with van der Waals surface area (Å²) in [6.45, 7) is 2.43. The number of rotatable bonds is 7. The van der Waals surface area contributed by atoms with Gasteiger partial charge in [0.15, 0.2) is 0 Å². The largest absolute Gasteiger partial charge is 0.453 e. The van der Waals surface area contributed by atoms with Crippen molar-refractivity contribution in [1.82, 2.24) is 5.32 Å². The number of hydrogen-bond acceptors (Lipinski definition) is 3. The molecule has 0 spiro atoms. The number of carbonyl (C=O) groups excluding carboxylic acids is 1. The van der Waals surface area contributed by atoms with Gasteiger partial charge < -0.3 is 15.2 Å². The highest BCUT2D eigenvalue weighted by Gasteiger charge is 2.17. The lowest BCUT2D eigenvalue weighted by atomic mass is 9.92. The van der Waals surface area contributed by atoms with E-state index in [0.29, 0.717) is 30.5 Å². The van der Waals surface area contributed by atoms with Crippen LogP contribution in [0, 0.1) is 5.82 Å². The van der Waals surface area contributed by atoms with Gasteiger partial charge in [0.2, 0.25) is 0 Å². The SMILES string of the molecule is CCc1cccc(-c2c(F)cccc2C(O)CCCNC(=O)OC)c1. The maximum absolute atomic E-state index is 14.5. The van der Waals surface area contributed by atoms with Crippen molar-refractivity contribution in [3.05, 3.63) is 59.4 Å². The average molecular weight is 345 g/mol. The van der Waals surface area contributed by atoms with Crippen molar-refractivity contribution in [3.8, 4) is 11.1 Å². The van der Waals surface area contributed by atoms with Crippen LogP contribution in [0.15, 0.2) is 42.5 Å². The molecule has 0 aliphatic carbocycles. The molecule has 1 unspecified atom stereocenters. The first-order valence-electron chi connectivity index (χ1n) is 8.44. The van der Waals surface area contributed by atoms with Gasteiger partial charge in [-0.25, -0.2) is 9.18 Å². The number of alkyl carbamates (subject to hydrolysis) is 1. The Morgan fingerprint density at radius 2 is 2.04 bits per heavy atom. The number of aliphatic hydroxyl groups is 1. The predicted molar refractivity (Wildman–Crippen MR) is 95.8 cm³/mol. The van der Waals surface area contributed by atoms with Gasteiger partial charge in [-0.05, 0) is 42.0 Å². The van der Waals surface area contributed by atoms with E-state index in [1.807, 2.05) is 31.2 Å². The first-order chi connectivity index (χ1) is 12.1. The molecule has 1 amide bonds. The summed E-state index contributed by atoms with van der Waals surface area (Å²) >= 11 is 0. The molecule has 2 aromatic carbocycles. The molecule has 2 aromatic rings. The topological polar surface area (TPSA) is 58.6 Å². The second-order valence-electron chi connectivity index (χ2n) is 5.83. The summed E-state index contributed by atoms with van der Waals surface area (Å²) in [6, 6.07) is 12.5. The Bertz CT molecular complexity index is 718. The van der Waals surface area contributed by atoms with Gasteiger partial charge in [-0.15, -0.1) is 0 Å². The molecule has 0 aliphatic rings. The fourth-order valence-corrected chi connectivity index (χ4v) is 2.78. The molecule has 0 aliphatic heterocycles. The molecule has 0 saturated heterocycles. The number of amides is 1. The lowest BCUT2D eigenvalue weighted by molar-refractivity contribution is 0.158. The predicted octanol–water partition coefficient (Wildman–Crippen LogP) is 4.22. The molecule has 2 rings (SSSR count). The highest BCUT2D eigenvalue weighted by molar-refractivity contribution is 5.69. The smallest absolute Gasteiger partial charge is 0.406 e. The second kappa shape index (κ2) is 9.18. The van der Waals surface area contributed by atoms with E-state index in [1.54, 1.807) is 12.1 Å². The molecular formula is C20H24FNO3. The number of hydrogen-bond donors (Lipinski definition) is 2. The minimum atomic E-state index is -0.810. The zero-order valence-electron chi connectivity index (χ0n) is 14.6. The highest BCUT2D eigenvalue weighted by atomic mass is 19.1. The Morgan fingerprint density at radius 3 is 2.76 bits per heavy atom. The molecule has 4 nitrogen and oxygen atoms in total. The summed E-state index contributed by atoms with van der Waals surface area (Å²) in [5.41, 5.74) is 2.88. The van der Waals surface area contributed by atoms with Gasteiger partial charge >= 0.3 is 6.09 Å². The Labute approximate surface area is 147 Å². The molecular weight excluding hydrogens is 321 g/mol. The normalized spacial score (nSPS) is 11.8. The summed E-state index contributed by atoms with van der Waals surface area (Å²) in [4.78, 5) is 11.0. The van der Waals surface area contributed by atoms with Crippen molar-refractivity contribution in [2.75, 3.05) is 13.7 Å². The molecule has 0 saturated carbocycles. The zero-order valence-corrected chi connectivity index (χ0v) is 14.6. The third-order valence-electron chi connectivity index (χ3n) is 4.14. The van der Waals surface area contributed by atoms with Gasteiger partial charge in [-0.3, -0.25) is 0 Å². The molecule has 0 radical (unpaired) electrons. The maximum Gasteiger partial charge on any atom is 0.406 e. The Kier molecular flexibility index (Phi) is 6.95. The van der Waals surface area contributed by atoms with Crippen molar-refractivity contribution in [3.63, 3.8) is 0 Å². The van der Waals surface area contributed by atoms with Crippen LogP contribution in [0.5, 0.6) is 0 Å². The van der Waals surface area contributed by atoms with E-state index in [0.717, 1.165) is 17.5 Å². The van der Waals surface area contributed by atoms with Crippen LogP contribution in [0.3, 0.4) is 0 Å². The van der Waals surface area contributed by atoms with Crippen LogP contribution in [-0.4, -0.2) is 24.9 Å². The number of nitrogens with one attached hydrogen (secondary N) is 1. The monoisotopic (exact) mass is 345 g/mol. The molecule has 0 heterocycles. The number of benzene rings is 2. The van der Waals surface area contributed by atoms with Crippen molar-refractivity contribution < 1.29 is 19.0 Å². The van der Waals surface area contributed by atoms with Crippen molar-refractivity contribution >= 4 is 6.09 Å². The standard InChI is InChI=1S/C20H24FNO3/c1-3-14-7-4-8-15(13-14)19-16(9-5-10-17(19)21)18(23)11-6-12-22-20(24)25-2/h4-5,7-10,13,18,23H,3,6,11-12H2,1-2H3,(H,22,24). The number of ether oxygens (including phenoxy) is 1. The van der Waals surface area contributed by atoms with Crippen LogP contribution in [-0.2, 0) is 11.2 Å². The van der Waals surface area contributed by atoms with Crippen molar-refractivity contribution in [2.24, 2.45) is 0 Å². The highest BCUT2D eigenvalue weighted by Crippen LogP contribution is 2.33. The third-order valence-corrected chi connectivity index (χ3v) is 4.14. The number of methoxy groups -OCH3 is 1. The molecule has 0 fully saturated rings. The molecule has 25 heavy (non-hydrogen) atoms. The van der Waals surface area contributed by atoms with Crippen LogP contribution in [0.1, 0.15) is 37.0 Å². The Hall–Kier alpha value is -2.40. The number of halogens is 1. The van der Waals surface area contributed by atoms with Crippen LogP contribution in [0.2, 0.25) is 0 Å². The molecule has 0 aromatic heterocycles. The van der Waals surface area contributed by atoms with Gasteiger partial charge in [0.1, 0.15) is 5.82 Å². The quantitative estimate of drug-likeness (QED) is 0.739. The summed E-state index contributed by atoms with van der Waals surface area (Å²) in [5.74, 6) is -0.350. The van der Waals surface area contributed by atoms with E-state index in [1.165, 1.54) is 13.2 Å². The average Bonchev–Trinajstić information content (AvgIpc) is 2.64. The summed E-state index contributed by atoms with van der Waals surface area (Å²) in [7, 11) is 1.30. The van der Waals surface area contributed by atoms with Gasteiger partial charge in [0, 0.05) is 12.1 Å². The number of carbonyl (C=O) groups is 1. The van der Waals surface area contributed by atoms with Gasteiger partial charge in [0.05, 0.1) is 13.2 Å². The first kappa shape index (κ1) is 18.9. The van der Waals surface area contributed by atoms with E-state index >= 15 is 0 Å². The second-order valence-corrected chi connectivity index (χ2v) is 5.83. The lowest BCUT2D eigenvalue weighted by Crippen LogP contribution is -2.24. The summed E-state index contributed by atoms with van der Waals surface area (Å²) in [5, 5.41) is 13.1. The van der Waals surface area contributed by atoms with Gasteiger partial charge in [0.25, 0.3) is 0 Å². The van der Waals surface area contributed by atoms with Crippen LogP contribution in [0.4, 0.5) is 9.18 Å². The Morgan fingerprint density at radius 1 is 1.28 bits per heavy atom. The Balaban J connectivity index is 2.18. The summed E-state index contributed by atoms with van der Waals surface area (Å²) in [6.07, 6.45) is 0.516. The summed E-state index contributed by atoms with van der Waals surface area (Å²) < 4.78 is 19.0. The minimum Gasteiger partial charge on any atom is -0.453 e. The number of aryl methyl sites for hydroxylation is 1. The maximum atomic E-state index is 14.5. The molecule has 5 heteroatoms. The van der Waals surface area contributed by atoms with E-state index in [2.05, 4.69) is 10.1 Å². The van der Waals surface area contributed by atoms with Crippen molar-refractivity contribution in [2.45, 2.75) is 32.3 Å². The molecule has 0 bridgehead atoms. The fraction of sp³-hybridized carbons (Fsp3) is 0.350. The lowest BCUT2D eigenvalue weighted by Gasteiger charge is -2.17. The zero-order chi connectivity index (χ0) is 18.2. The third kappa shape index (κ3) is 5.03. The molecule has 1 atom stereocenters. The van der Waals surface area contributed by atoms with E-state index < -0.39 is 12.2 Å². The van der Waals surface area contributed by atoms with Crippen LogP contribution >= 0.6 is 0 Å². The van der Waals surface area contributed by atoms with E-state index in [4.69, 9.17) is 0 Å².